The Bertz CT molecular complexity index is 1100. The van der Waals surface area contributed by atoms with Crippen molar-refractivity contribution in [3.8, 4) is 0 Å². The third kappa shape index (κ3) is 7.50. The molecule has 0 radical (unpaired) electrons. The van der Waals surface area contributed by atoms with Gasteiger partial charge in [0, 0.05) is 22.1 Å². The van der Waals surface area contributed by atoms with Gasteiger partial charge < -0.3 is 7.43 Å². The first kappa shape index (κ1) is 31.5. The van der Waals surface area contributed by atoms with E-state index in [4.69, 9.17) is 9.98 Å². The van der Waals surface area contributed by atoms with Crippen LogP contribution in [0.25, 0.3) is 0 Å². The molecule has 0 aromatic heterocycles. The Balaban J connectivity index is 0.00000324. The van der Waals surface area contributed by atoms with Gasteiger partial charge in [-0.05, 0) is 45.9 Å². The maximum absolute atomic E-state index is 5.30. The Labute approximate surface area is 230 Å². The molecule has 0 atom stereocenters. The summed E-state index contributed by atoms with van der Waals surface area (Å²) in [5, 5.41) is 0. The first-order valence-corrected chi connectivity index (χ1v) is 12.6. The first-order chi connectivity index (χ1) is 16.2. The maximum Gasteiger partial charge on any atom is 0.0892 e. The number of benzene rings is 3. The minimum Gasteiger partial charge on any atom is -0.358 e. The summed E-state index contributed by atoms with van der Waals surface area (Å²) in [7, 11) is 0. The molecule has 2 nitrogen and oxygen atoms in total. The summed E-state index contributed by atoms with van der Waals surface area (Å²) in [5.41, 5.74) is 9.24. The van der Waals surface area contributed by atoms with Crippen molar-refractivity contribution in [3.63, 3.8) is 0 Å². The van der Waals surface area contributed by atoms with Crippen LogP contribution in [0.3, 0.4) is 0 Å². The van der Waals surface area contributed by atoms with E-state index in [-0.39, 0.29) is 23.9 Å². The molecule has 3 aromatic rings. The standard InChI is InChI=1S/C32H40N2.CH3.Ni/c1-21(2)26-16-12-17-27(22(3)4)31(26)33-20-30(25-14-10-9-11-15-25)34-32-28(23(5)6)18-13-19-29(32)24(7)8;;/h9-24H,1-8H3;1H3;/q;-1;. The fourth-order valence-corrected chi connectivity index (χ4v) is 4.32. The van der Waals surface area contributed by atoms with E-state index in [1.54, 1.807) is 0 Å². The summed E-state index contributed by atoms with van der Waals surface area (Å²) >= 11 is 0. The summed E-state index contributed by atoms with van der Waals surface area (Å²) in [6, 6.07) is 23.6. The molecule has 36 heavy (non-hydrogen) atoms. The first-order valence-electron chi connectivity index (χ1n) is 12.6. The summed E-state index contributed by atoms with van der Waals surface area (Å²) in [6.45, 7) is 17.9. The third-order valence-electron chi connectivity index (χ3n) is 6.30. The van der Waals surface area contributed by atoms with E-state index < -0.39 is 0 Å². The molecule has 196 valence electrons. The molecule has 0 heterocycles. The smallest absolute Gasteiger partial charge is 0.0892 e. The molecule has 0 unspecified atom stereocenters. The van der Waals surface area contributed by atoms with Crippen LogP contribution in [0.15, 0.2) is 76.7 Å². The fourth-order valence-electron chi connectivity index (χ4n) is 4.32. The molecule has 0 spiro atoms. The van der Waals surface area contributed by atoms with Gasteiger partial charge in [0.25, 0.3) is 0 Å². The Morgan fingerprint density at radius 2 is 0.944 bits per heavy atom. The van der Waals surface area contributed by atoms with Gasteiger partial charge in [-0.15, -0.1) is 0 Å². The van der Waals surface area contributed by atoms with Crippen molar-refractivity contribution in [2.45, 2.75) is 79.1 Å². The van der Waals surface area contributed by atoms with E-state index in [0.29, 0.717) is 23.7 Å². The molecule has 3 heteroatoms. The van der Waals surface area contributed by atoms with Crippen molar-refractivity contribution in [2.75, 3.05) is 0 Å². The number of rotatable bonds is 8. The summed E-state index contributed by atoms with van der Waals surface area (Å²) in [5.74, 6) is 1.58. The topological polar surface area (TPSA) is 24.7 Å². The molecular formula is C33H43N2Ni-. The summed E-state index contributed by atoms with van der Waals surface area (Å²) in [6.07, 6.45) is 1.98. The molecular weight excluding hydrogens is 483 g/mol. The van der Waals surface area contributed by atoms with Crippen LogP contribution in [-0.4, -0.2) is 11.9 Å². The zero-order chi connectivity index (χ0) is 24.8. The second-order valence-corrected chi connectivity index (χ2v) is 10.3. The Hall–Kier alpha value is -2.51. The van der Waals surface area contributed by atoms with Crippen molar-refractivity contribution in [3.05, 3.63) is 102 Å². The van der Waals surface area contributed by atoms with Gasteiger partial charge in [-0.2, -0.15) is 0 Å². The van der Waals surface area contributed by atoms with E-state index in [0.717, 1.165) is 22.6 Å². The Morgan fingerprint density at radius 3 is 1.33 bits per heavy atom. The van der Waals surface area contributed by atoms with Gasteiger partial charge in [-0.1, -0.05) is 122 Å². The van der Waals surface area contributed by atoms with Crippen molar-refractivity contribution >= 4 is 23.3 Å². The van der Waals surface area contributed by atoms with Crippen LogP contribution in [-0.2, 0) is 16.5 Å². The zero-order valence-electron chi connectivity index (χ0n) is 23.4. The molecule has 3 rings (SSSR count). The van der Waals surface area contributed by atoms with Crippen molar-refractivity contribution in [1.82, 2.24) is 0 Å². The van der Waals surface area contributed by atoms with Gasteiger partial charge in [0.2, 0.25) is 0 Å². The molecule has 0 amide bonds. The van der Waals surface area contributed by atoms with Crippen LogP contribution in [0.4, 0.5) is 11.4 Å². The number of hydrogen-bond donors (Lipinski definition) is 0. The SMILES string of the molecule is CC(C)c1cccc(C(C)C)c1N=CC(=Nc1c(C(C)C)cccc1C(C)C)c1ccccc1.[CH3-].[Ni]. The van der Waals surface area contributed by atoms with Crippen LogP contribution in [0.1, 0.15) is 107 Å². The summed E-state index contributed by atoms with van der Waals surface area (Å²) < 4.78 is 0. The fraction of sp³-hybridized carbons (Fsp3) is 0.364. The number of hydrogen-bond acceptors (Lipinski definition) is 2. The Kier molecular flexibility index (Phi) is 12.5. The van der Waals surface area contributed by atoms with E-state index in [1.165, 1.54) is 22.3 Å². The van der Waals surface area contributed by atoms with E-state index in [1.807, 2.05) is 12.3 Å². The van der Waals surface area contributed by atoms with Crippen LogP contribution in [0, 0.1) is 7.43 Å². The van der Waals surface area contributed by atoms with Gasteiger partial charge >= 0.3 is 0 Å². The van der Waals surface area contributed by atoms with Gasteiger partial charge in [-0.3, -0.25) is 4.99 Å². The molecule has 0 saturated heterocycles. The molecule has 0 bridgehead atoms. The predicted octanol–water partition coefficient (Wildman–Crippen LogP) is 10.2. The molecule has 3 aromatic carbocycles. The van der Waals surface area contributed by atoms with Crippen molar-refractivity contribution in [1.29, 1.82) is 0 Å². The number of nitrogens with zero attached hydrogens (tertiary/aromatic N) is 2. The Morgan fingerprint density at radius 1 is 0.556 bits per heavy atom. The zero-order valence-corrected chi connectivity index (χ0v) is 24.4. The second kappa shape index (κ2) is 14.3. The van der Waals surface area contributed by atoms with Gasteiger partial charge in [0.15, 0.2) is 0 Å². The number of aliphatic imine (C=N–C) groups is 2. The van der Waals surface area contributed by atoms with Gasteiger partial charge in [0.05, 0.1) is 23.3 Å². The molecule has 0 aliphatic heterocycles. The number of para-hydroxylation sites is 2. The largest absolute Gasteiger partial charge is 0.358 e. The summed E-state index contributed by atoms with van der Waals surface area (Å²) in [4.78, 5) is 10.4. The van der Waals surface area contributed by atoms with Crippen LogP contribution < -0.4 is 0 Å². The van der Waals surface area contributed by atoms with Crippen molar-refractivity contribution < 1.29 is 16.5 Å². The van der Waals surface area contributed by atoms with Gasteiger partial charge in [-0.25, -0.2) is 4.99 Å². The van der Waals surface area contributed by atoms with Gasteiger partial charge in [0.1, 0.15) is 0 Å². The van der Waals surface area contributed by atoms with E-state index in [2.05, 4.69) is 116 Å². The normalized spacial score (nSPS) is 11.9. The van der Waals surface area contributed by atoms with Crippen molar-refractivity contribution in [2.24, 2.45) is 9.98 Å². The molecule has 0 N–H and O–H groups in total. The van der Waals surface area contributed by atoms with E-state index >= 15 is 0 Å². The third-order valence-corrected chi connectivity index (χ3v) is 6.30. The van der Waals surface area contributed by atoms with E-state index in [9.17, 15) is 0 Å². The quantitative estimate of drug-likeness (QED) is 0.159. The van der Waals surface area contributed by atoms with Crippen LogP contribution in [0.2, 0.25) is 0 Å². The minimum absolute atomic E-state index is 0. The molecule has 0 aliphatic carbocycles. The van der Waals surface area contributed by atoms with Crippen LogP contribution in [0.5, 0.6) is 0 Å². The molecule has 0 aliphatic rings. The second-order valence-electron chi connectivity index (χ2n) is 10.3. The van der Waals surface area contributed by atoms with Crippen LogP contribution >= 0.6 is 0 Å². The average molecular weight is 526 g/mol. The molecule has 0 saturated carbocycles. The predicted molar refractivity (Wildman–Crippen MR) is 156 cm³/mol. The molecule has 0 fully saturated rings. The minimum atomic E-state index is 0. The average Bonchev–Trinajstić information content (AvgIpc) is 2.81. The maximum atomic E-state index is 5.30. The monoisotopic (exact) mass is 525 g/mol.